The highest BCUT2D eigenvalue weighted by molar-refractivity contribution is 5.46. The van der Waals surface area contributed by atoms with Crippen molar-refractivity contribution in [2.45, 2.75) is 31.1 Å². The van der Waals surface area contributed by atoms with Crippen molar-refractivity contribution in [3.8, 4) is 11.5 Å². The maximum absolute atomic E-state index is 5.67. The molecule has 0 saturated heterocycles. The van der Waals surface area contributed by atoms with E-state index in [9.17, 15) is 0 Å². The van der Waals surface area contributed by atoms with Crippen LogP contribution < -0.4 is 15.2 Å². The van der Waals surface area contributed by atoms with Crippen LogP contribution in [-0.2, 0) is 5.41 Å². The number of fused-ring (bicyclic) bond motifs is 1. The monoisotopic (exact) mass is 234 g/mol. The molecule has 1 heterocycles. The van der Waals surface area contributed by atoms with E-state index in [1.807, 2.05) is 0 Å². The zero-order valence-corrected chi connectivity index (χ0v) is 10.2. The molecule has 17 heavy (non-hydrogen) atoms. The van der Waals surface area contributed by atoms with Crippen LogP contribution in [0, 0.1) is 0 Å². The van der Waals surface area contributed by atoms with Crippen LogP contribution in [0.5, 0.6) is 11.5 Å². The topological polar surface area (TPSA) is 46.1 Å². The molecule has 3 rings (SSSR count). The summed E-state index contributed by atoms with van der Waals surface area (Å²) in [7, 11) is 0. The lowest BCUT2D eigenvalue weighted by atomic mass is 9.79. The van der Waals surface area contributed by atoms with Gasteiger partial charge in [-0.05, 0) is 30.5 Å². The summed E-state index contributed by atoms with van der Waals surface area (Å²) in [4.78, 5) is 0. The summed E-state index contributed by atoms with van der Waals surface area (Å²) >= 11 is 0. The Morgan fingerprint density at radius 1 is 1.06 bits per heavy atom. The third-order valence-corrected chi connectivity index (χ3v) is 4.19. The van der Waals surface area contributed by atoms with E-state index in [2.05, 4.69) is 23.9 Å². The minimum Gasteiger partial charge on any atom is -0.486 e. The molecular weight excluding hydrogens is 214 g/mol. The van der Waals surface area contributed by atoms with E-state index >= 15 is 0 Å². The largest absolute Gasteiger partial charge is 0.486 e. The molecule has 3 heteroatoms. The number of quaternary nitrogens is 1. The van der Waals surface area contributed by atoms with Gasteiger partial charge in [-0.1, -0.05) is 18.9 Å². The van der Waals surface area contributed by atoms with Gasteiger partial charge in [0.15, 0.2) is 11.5 Å². The molecule has 0 radical (unpaired) electrons. The standard InChI is InChI=1S/C14H19NO2/c15-10-14(5-1-2-6-14)11-3-4-12-13(9-11)17-8-7-16-12/h3-4,9H,1-2,5-8,10,15H2/p+1. The molecule has 3 nitrogen and oxygen atoms in total. The van der Waals surface area contributed by atoms with Gasteiger partial charge in [-0.2, -0.15) is 0 Å². The lowest BCUT2D eigenvalue weighted by Gasteiger charge is -2.27. The van der Waals surface area contributed by atoms with Gasteiger partial charge in [-0.15, -0.1) is 0 Å². The second kappa shape index (κ2) is 4.22. The van der Waals surface area contributed by atoms with Crippen molar-refractivity contribution >= 4 is 0 Å². The number of hydrogen-bond acceptors (Lipinski definition) is 2. The van der Waals surface area contributed by atoms with Crippen molar-refractivity contribution < 1.29 is 15.2 Å². The van der Waals surface area contributed by atoms with E-state index in [4.69, 9.17) is 9.47 Å². The van der Waals surface area contributed by atoms with E-state index in [0.717, 1.165) is 18.0 Å². The molecule has 1 aliphatic heterocycles. The fourth-order valence-corrected chi connectivity index (χ4v) is 3.11. The summed E-state index contributed by atoms with van der Waals surface area (Å²) in [6.45, 7) is 2.30. The van der Waals surface area contributed by atoms with Crippen molar-refractivity contribution in [2.75, 3.05) is 19.8 Å². The van der Waals surface area contributed by atoms with Crippen LogP contribution in [0.2, 0.25) is 0 Å². The first kappa shape index (κ1) is 10.9. The Kier molecular flexibility index (Phi) is 2.71. The summed E-state index contributed by atoms with van der Waals surface area (Å²) in [6.07, 6.45) is 5.17. The number of rotatable bonds is 2. The Morgan fingerprint density at radius 2 is 1.76 bits per heavy atom. The first-order valence-corrected chi connectivity index (χ1v) is 6.53. The van der Waals surface area contributed by atoms with E-state index in [-0.39, 0.29) is 5.41 Å². The van der Waals surface area contributed by atoms with Crippen molar-refractivity contribution in [1.82, 2.24) is 0 Å². The smallest absolute Gasteiger partial charge is 0.161 e. The average molecular weight is 234 g/mol. The van der Waals surface area contributed by atoms with Crippen molar-refractivity contribution in [3.63, 3.8) is 0 Å². The zero-order valence-electron chi connectivity index (χ0n) is 10.2. The number of hydrogen-bond donors (Lipinski definition) is 1. The zero-order chi connectivity index (χ0) is 11.7. The normalized spacial score (nSPS) is 21.5. The van der Waals surface area contributed by atoms with E-state index in [1.165, 1.54) is 31.2 Å². The van der Waals surface area contributed by atoms with Gasteiger partial charge >= 0.3 is 0 Å². The van der Waals surface area contributed by atoms with Crippen molar-refractivity contribution in [3.05, 3.63) is 23.8 Å². The molecule has 3 N–H and O–H groups in total. The van der Waals surface area contributed by atoms with Gasteiger partial charge in [0, 0.05) is 5.41 Å². The molecule has 92 valence electrons. The van der Waals surface area contributed by atoms with Crippen LogP contribution in [0.4, 0.5) is 0 Å². The molecule has 0 atom stereocenters. The predicted octanol–water partition coefficient (Wildman–Crippen LogP) is 1.51. The average Bonchev–Trinajstić information content (AvgIpc) is 2.88. The first-order valence-electron chi connectivity index (χ1n) is 6.53. The second-order valence-corrected chi connectivity index (χ2v) is 5.10. The summed E-state index contributed by atoms with van der Waals surface area (Å²) in [5, 5.41) is 0. The summed E-state index contributed by atoms with van der Waals surface area (Å²) in [5.41, 5.74) is 5.83. The minimum atomic E-state index is 0.288. The molecule has 1 fully saturated rings. The molecule has 0 amide bonds. The highest BCUT2D eigenvalue weighted by atomic mass is 16.6. The van der Waals surface area contributed by atoms with Gasteiger partial charge in [0.2, 0.25) is 0 Å². The van der Waals surface area contributed by atoms with E-state index in [0.29, 0.717) is 13.2 Å². The van der Waals surface area contributed by atoms with Gasteiger partial charge in [0.25, 0.3) is 0 Å². The van der Waals surface area contributed by atoms with Crippen molar-refractivity contribution in [1.29, 1.82) is 0 Å². The van der Waals surface area contributed by atoms with Crippen molar-refractivity contribution in [2.24, 2.45) is 0 Å². The van der Waals surface area contributed by atoms with Crippen LogP contribution in [0.1, 0.15) is 31.2 Å². The Morgan fingerprint density at radius 3 is 2.47 bits per heavy atom. The van der Waals surface area contributed by atoms with Crippen LogP contribution in [-0.4, -0.2) is 19.8 Å². The minimum absolute atomic E-state index is 0.288. The quantitative estimate of drug-likeness (QED) is 0.843. The molecule has 2 aliphatic rings. The predicted molar refractivity (Wildman–Crippen MR) is 65.3 cm³/mol. The van der Waals surface area contributed by atoms with Gasteiger partial charge in [0.05, 0.1) is 6.54 Å². The fraction of sp³-hybridized carbons (Fsp3) is 0.571. The molecule has 1 aromatic carbocycles. The maximum Gasteiger partial charge on any atom is 0.161 e. The highest BCUT2D eigenvalue weighted by Crippen LogP contribution is 2.43. The molecule has 0 unspecified atom stereocenters. The molecule has 0 spiro atoms. The number of ether oxygens (including phenoxy) is 2. The molecule has 1 saturated carbocycles. The maximum atomic E-state index is 5.67. The SMILES string of the molecule is [NH3+]CC1(c2ccc3c(c2)OCCO3)CCCC1. The van der Waals surface area contributed by atoms with Gasteiger partial charge in [-0.25, -0.2) is 0 Å². The van der Waals surface area contributed by atoms with Crippen LogP contribution in [0.3, 0.4) is 0 Å². The molecule has 1 aromatic rings. The fourth-order valence-electron chi connectivity index (χ4n) is 3.11. The Labute approximate surface area is 102 Å². The number of benzene rings is 1. The third-order valence-electron chi connectivity index (χ3n) is 4.19. The van der Waals surface area contributed by atoms with E-state index < -0.39 is 0 Å². The van der Waals surface area contributed by atoms with Crippen LogP contribution >= 0.6 is 0 Å². The summed E-state index contributed by atoms with van der Waals surface area (Å²) < 4.78 is 11.2. The molecule has 0 bridgehead atoms. The van der Waals surface area contributed by atoms with Crippen LogP contribution in [0.25, 0.3) is 0 Å². The Hall–Kier alpha value is -1.22. The van der Waals surface area contributed by atoms with Crippen LogP contribution in [0.15, 0.2) is 18.2 Å². The van der Waals surface area contributed by atoms with Gasteiger partial charge < -0.3 is 15.2 Å². The summed E-state index contributed by atoms with van der Waals surface area (Å²) in [6, 6.07) is 6.43. The lowest BCUT2D eigenvalue weighted by molar-refractivity contribution is -0.382. The lowest BCUT2D eigenvalue weighted by Crippen LogP contribution is -2.59. The molecule has 1 aliphatic carbocycles. The molecule has 0 aromatic heterocycles. The second-order valence-electron chi connectivity index (χ2n) is 5.10. The summed E-state index contributed by atoms with van der Waals surface area (Å²) in [5.74, 6) is 1.80. The Balaban J connectivity index is 1.97. The first-order chi connectivity index (χ1) is 8.34. The molecular formula is C14H20NO2+. The third kappa shape index (κ3) is 1.78. The Bertz CT molecular complexity index is 411. The van der Waals surface area contributed by atoms with E-state index in [1.54, 1.807) is 0 Å². The highest BCUT2D eigenvalue weighted by Gasteiger charge is 2.37. The van der Waals surface area contributed by atoms with Gasteiger partial charge in [-0.3, -0.25) is 0 Å². The van der Waals surface area contributed by atoms with Gasteiger partial charge in [0.1, 0.15) is 13.2 Å².